The summed E-state index contributed by atoms with van der Waals surface area (Å²) in [6.07, 6.45) is 0. The molecule has 1 N–H and O–H groups in total. The lowest BCUT2D eigenvalue weighted by Crippen LogP contribution is -2.24. The molecule has 98 valence electrons. The monoisotopic (exact) mass is 269 g/mol. The second-order valence-corrected chi connectivity index (χ2v) is 6.27. The normalized spacial score (nSPS) is 19.2. The van der Waals surface area contributed by atoms with Crippen molar-refractivity contribution in [3.8, 4) is 0 Å². The van der Waals surface area contributed by atoms with Crippen LogP contribution in [-0.4, -0.2) is 5.75 Å². The second-order valence-electron chi connectivity index (χ2n) is 5.20. The molecule has 0 radical (unpaired) electrons. The molecule has 0 spiro atoms. The Morgan fingerprint density at radius 3 is 2.84 bits per heavy atom. The molecule has 2 aromatic rings. The molecule has 0 saturated carbocycles. The molecule has 0 fully saturated rings. The highest BCUT2D eigenvalue weighted by Crippen LogP contribution is 2.38. The molecule has 1 nitrogen and oxygen atoms in total. The standard InChI is InChI=1S/C17H19NS/c1-12-6-5-7-14(10-12)13(2)18-16-11-19-17-9-4-3-8-15(16)17/h3-10,13,16,18H,11H2,1-2H3/t13-,16?/m1/s1. The molecule has 2 atom stereocenters. The van der Waals surface area contributed by atoms with Crippen LogP contribution in [-0.2, 0) is 0 Å². The van der Waals surface area contributed by atoms with Crippen LogP contribution in [0.4, 0.5) is 0 Å². The van der Waals surface area contributed by atoms with E-state index >= 15 is 0 Å². The highest BCUT2D eigenvalue weighted by Gasteiger charge is 2.23. The Morgan fingerprint density at radius 1 is 1.16 bits per heavy atom. The summed E-state index contributed by atoms with van der Waals surface area (Å²) in [5.74, 6) is 1.13. The summed E-state index contributed by atoms with van der Waals surface area (Å²) < 4.78 is 0. The van der Waals surface area contributed by atoms with Gasteiger partial charge in [-0.2, -0.15) is 0 Å². The minimum absolute atomic E-state index is 0.386. The van der Waals surface area contributed by atoms with Gasteiger partial charge in [0.05, 0.1) is 0 Å². The van der Waals surface area contributed by atoms with Gasteiger partial charge < -0.3 is 5.32 Å². The van der Waals surface area contributed by atoms with E-state index in [4.69, 9.17) is 0 Å². The van der Waals surface area contributed by atoms with E-state index in [1.54, 1.807) is 0 Å². The predicted octanol–water partition coefficient (Wildman–Crippen LogP) is 4.49. The Balaban J connectivity index is 1.76. The number of thioether (sulfide) groups is 1. The molecular weight excluding hydrogens is 250 g/mol. The first-order chi connectivity index (χ1) is 9.24. The number of aryl methyl sites for hydroxylation is 1. The summed E-state index contributed by atoms with van der Waals surface area (Å²) in [4.78, 5) is 1.43. The van der Waals surface area contributed by atoms with E-state index in [-0.39, 0.29) is 0 Å². The van der Waals surface area contributed by atoms with Crippen LogP contribution in [0, 0.1) is 6.92 Å². The number of hydrogen-bond donors (Lipinski definition) is 1. The quantitative estimate of drug-likeness (QED) is 0.881. The smallest absolute Gasteiger partial charge is 0.0431 e. The van der Waals surface area contributed by atoms with Crippen molar-refractivity contribution in [1.29, 1.82) is 0 Å². The highest BCUT2D eigenvalue weighted by atomic mass is 32.2. The third-order valence-electron chi connectivity index (χ3n) is 3.69. The SMILES string of the molecule is Cc1cccc([C@@H](C)NC2CSc3ccccc32)c1. The van der Waals surface area contributed by atoms with Gasteiger partial charge in [-0.05, 0) is 31.0 Å². The molecule has 0 bridgehead atoms. The number of fused-ring (bicyclic) bond motifs is 1. The number of hydrogen-bond acceptors (Lipinski definition) is 2. The van der Waals surface area contributed by atoms with Crippen molar-refractivity contribution >= 4 is 11.8 Å². The van der Waals surface area contributed by atoms with Crippen LogP contribution in [0.2, 0.25) is 0 Å². The largest absolute Gasteiger partial charge is 0.303 e. The number of benzene rings is 2. The number of rotatable bonds is 3. The van der Waals surface area contributed by atoms with Crippen LogP contribution < -0.4 is 5.32 Å². The highest BCUT2D eigenvalue weighted by molar-refractivity contribution is 7.99. The summed E-state index contributed by atoms with van der Waals surface area (Å²) in [5.41, 5.74) is 4.15. The van der Waals surface area contributed by atoms with Gasteiger partial charge in [-0.3, -0.25) is 0 Å². The first kappa shape index (κ1) is 12.8. The lowest BCUT2D eigenvalue weighted by Gasteiger charge is -2.20. The van der Waals surface area contributed by atoms with E-state index in [0.29, 0.717) is 12.1 Å². The van der Waals surface area contributed by atoms with Crippen LogP contribution in [0.3, 0.4) is 0 Å². The van der Waals surface area contributed by atoms with Crippen LogP contribution in [0.5, 0.6) is 0 Å². The van der Waals surface area contributed by atoms with Gasteiger partial charge >= 0.3 is 0 Å². The fraction of sp³-hybridized carbons (Fsp3) is 0.294. The molecule has 2 heteroatoms. The van der Waals surface area contributed by atoms with Gasteiger partial charge in [-0.25, -0.2) is 0 Å². The van der Waals surface area contributed by atoms with Crippen molar-refractivity contribution in [2.45, 2.75) is 30.8 Å². The Hall–Kier alpha value is -1.25. The molecule has 0 aromatic heterocycles. The molecule has 1 aliphatic rings. The van der Waals surface area contributed by atoms with Crippen molar-refractivity contribution in [2.75, 3.05) is 5.75 Å². The maximum atomic E-state index is 3.76. The number of nitrogens with one attached hydrogen (secondary N) is 1. The van der Waals surface area contributed by atoms with E-state index in [9.17, 15) is 0 Å². The van der Waals surface area contributed by atoms with Crippen LogP contribution in [0.25, 0.3) is 0 Å². The van der Waals surface area contributed by atoms with Gasteiger partial charge in [0.2, 0.25) is 0 Å². The Labute approximate surface area is 119 Å². The van der Waals surface area contributed by atoms with Gasteiger partial charge in [-0.1, -0.05) is 48.0 Å². The summed E-state index contributed by atoms with van der Waals surface area (Å²) in [6.45, 7) is 4.40. The molecule has 2 aromatic carbocycles. The van der Waals surface area contributed by atoms with Crippen molar-refractivity contribution in [2.24, 2.45) is 0 Å². The average Bonchev–Trinajstić information content (AvgIpc) is 2.82. The molecule has 19 heavy (non-hydrogen) atoms. The van der Waals surface area contributed by atoms with Crippen LogP contribution in [0.1, 0.15) is 35.7 Å². The molecule has 3 rings (SSSR count). The van der Waals surface area contributed by atoms with Crippen molar-refractivity contribution in [1.82, 2.24) is 5.32 Å². The summed E-state index contributed by atoms with van der Waals surface area (Å²) >= 11 is 1.95. The second kappa shape index (κ2) is 5.40. The first-order valence-electron chi connectivity index (χ1n) is 6.78. The zero-order valence-electron chi connectivity index (χ0n) is 11.4. The van der Waals surface area contributed by atoms with Gasteiger partial charge in [-0.15, -0.1) is 11.8 Å². The van der Waals surface area contributed by atoms with Crippen molar-refractivity contribution < 1.29 is 0 Å². The van der Waals surface area contributed by atoms with Crippen LogP contribution in [0.15, 0.2) is 53.4 Å². The summed E-state index contributed by atoms with van der Waals surface area (Å²) in [7, 11) is 0. The molecule has 0 saturated heterocycles. The van der Waals surface area contributed by atoms with Crippen LogP contribution >= 0.6 is 11.8 Å². The third-order valence-corrected chi connectivity index (χ3v) is 4.88. The van der Waals surface area contributed by atoms with Gasteiger partial charge in [0.25, 0.3) is 0 Å². The molecule has 0 amide bonds. The maximum Gasteiger partial charge on any atom is 0.0431 e. The van der Waals surface area contributed by atoms with Gasteiger partial charge in [0.1, 0.15) is 0 Å². The lowest BCUT2D eigenvalue weighted by atomic mass is 10.0. The summed E-state index contributed by atoms with van der Waals surface area (Å²) in [5, 5.41) is 3.76. The van der Waals surface area contributed by atoms with E-state index in [1.165, 1.54) is 21.6 Å². The van der Waals surface area contributed by atoms with E-state index in [1.807, 2.05) is 11.8 Å². The zero-order valence-corrected chi connectivity index (χ0v) is 12.2. The van der Waals surface area contributed by atoms with Crippen molar-refractivity contribution in [3.05, 3.63) is 65.2 Å². The Kier molecular flexibility index (Phi) is 3.63. The minimum atomic E-state index is 0.386. The van der Waals surface area contributed by atoms with E-state index in [0.717, 1.165) is 5.75 Å². The fourth-order valence-corrected chi connectivity index (χ4v) is 3.81. The Morgan fingerprint density at radius 2 is 2.00 bits per heavy atom. The summed E-state index contributed by atoms with van der Waals surface area (Å²) in [6, 6.07) is 18.3. The van der Waals surface area contributed by atoms with Crippen molar-refractivity contribution in [3.63, 3.8) is 0 Å². The topological polar surface area (TPSA) is 12.0 Å². The zero-order chi connectivity index (χ0) is 13.2. The van der Waals surface area contributed by atoms with E-state index in [2.05, 4.69) is 67.7 Å². The molecular formula is C17H19NS. The van der Waals surface area contributed by atoms with Gasteiger partial charge in [0.15, 0.2) is 0 Å². The Bertz CT molecular complexity index is 579. The fourth-order valence-electron chi connectivity index (χ4n) is 2.64. The van der Waals surface area contributed by atoms with E-state index < -0.39 is 0 Å². The first-order valence-corrected chi connectivity index (χ1v) is 7.77. The predicted molar refractivity (Wildman–Crippen MR) is 82.6 cm³/mol. The lowest BCUT2D eigenvalue weighted by molar-refractivity contribution is 0.501. The minimum Gasteiger partial charge on any atom is -0.303 e. The van der Waals surface area contributed by atoms with Gasteiger partial charge in [0, 0.05) is 22.7 Å². The molecule has 1 heterocycles. The average molecular weight is 269 g/mol. The maximum absolute atomic E-state index is 3.76. The third kappa shape index (κ3) is 2.70. The molecule has 1 unspecified atom stereocenters. The molecule has 0 aliphatic carbocycles. The molecule has 1 aliphatic heterocycles.